The first kappa shape index (κ1) is 15.3. The zero-order chi connectivity index (χ0) is 11.7. The Morgan fingerprint density at radius 2 is 1.60 bits per heavy atom. The van der Waals surface area contributed by atoms with Gasteiger partial charge in [0.15, 0.2) is 0 Å². The summed E-state index contributed by atoms with van der Waals surface area (Å²) in [5, 5.41) is 3.58. The highest BCUT2D eigenvalue weighted by molar-refractivity contribution is 7.79. The van der Waals surface area contributed by atoms with E-state index in [1.807, 2.05) is 13.8 Å². The van der Waals surface area contributed by atoms with Gasteiger partial charge >= 0.3 is 0 Å². The molecule has 1 aliphatic heterocycles. The van der Waals surface area contributed by atoms with Gasteiger partial charge in [-0.05, 0) is 44.4 Å². The van der Waals surface area contributed by atoms with Crippen molar-refractivity contribution in [1.29, 1.82) is 0 Å². The smallest absolute Gasteiger partial charge is 0.00696 e. The Morgan fingerprint density at radius 1 is 1.00 bits per heavy atom. The molecule has 1 saturated carbocycles. The third-order valence-electron chi connectivity index (χ3n) is 3.59. The molecule has 0 bridgehead atoms. The van der Waals surface area contributed by atoms with Crippen molar-refractivity contribution in [2.75, 3.05) is 12.8 Å². The molecule has 1 nitrogen and oxygen atoms in total. The van der Waals surface area contributed by atoms with E-state index in [1.54, 1.807) is 6.26 Å². The topological polar surface area (TPSA) is 12.0 Å². The lowest BCUT2D eigenvalue weighted by molar-refractivity contribution is 0.142. The fraction of sp³-hybridized carbons (Fsp3) is 1.00. The van der Waals surface area contributed by atoms with Crippen molar-refractivity contribution >= 4 is 12.6 Å². The Kier molecular flexibility index (Phi) is 9.73. The highest BCUT2D eigenvalue weighted by Gasteiger charge is 2.31. The second kappa shape index (κ2) is 9.53. The lowest BCUT2D eigenvalue weighted by Gasteiger charge is -2.40. The van der Waals surface area contributed by atoms with Crippen molar-refractivity contribution in [3.63, 3.8) is 0 Å². The average molecular weight is 231 g/mol. The van der Waals surface area contributed by atoms with Gasteiger partial charge in [0.1, 0.15) is 0 Å². The Hall–Kier alpha value is 0.310. The van der Waals surface area contributed by atoms with Crippen LogP contribution in [0.15, 0.2) is 0 Å². The molecule has 3 atom stereocenters. The maximum Gasteiger partial charge on any atom is 0.00696 e. The van der Waals surface area contributed by atoms with Crippen molar-refractivity contribution in [2.45, 2.75) is 58.9 Å². The summed E-state index contributed by atoms with van der Waals surface area (Å²) in [6, 6.07) is 0.800. The molecule has 2 fully saturated rings. The Morgan fingerprint density at radius 3 is 2.20 bits per heavy atom. The monoisotopic (exact) mass is 231 g/mol. The number of hydrogen-bond donors (Lipinski definition) is 2. The number of rotatable bonds is 0. The van der Waals surface area contributed by atoms with Crippen LogP contribution in [-0.4, -0.2) is 18.8 Å². The zero-order valence-corrected chi connectivity index (χ0v) is 11.8. The Labute approximate surface area is 102 Å². The summed E-state index contributed by atoms with van der Waals surface area (Å²) >= 11 is 3.53. The highest BCUT2D eigenvalue weighted by Crippen LogP contribution is 2.36. The van der Waals surface area contributed by atoms with Crippen LogP contribution in [0, 0.1) is 11.8 Å². The van der Waals surface area contributed by atoms with Crippen LogP contribution in [0.2, 0.25) is 0 Å². The van der Waals surface area contributed by atoms with Gasteiger partial charge in [-0.2, -0.15) is 12.6 Å². The number of fused-ring (bicyclic) bond motifs is 1. The minimum absolute atomic E-state index is 0.800. The van der Waals surface area contributed by atoms with E-state index < -0.39 is 0 Å². The van der Waals surface area contributed by atoms with Crippen molar-refractivity contribution < 1.29 is 0 Å². The first-order chi connectivity index (χ1) is 7.38. The van der Waals surface area contributed by atoms with Crippen LogP contribution < -0.4 is 5.32 Å². The largest absolute Gasteiger partial charge is 0.314 e. The quantitative estimate of drug-likeness (QED) is 0.605. The van der Waals surface area contributed by atoms with Crippen molar-refractivity contribution in [3.8, 4) is 0 Å². The van der Waals surface area contributed by atoms with Crippen LogP contribution in [-0.2, 0) is 0 Å². The SMILES string of the molecule is CC.CC1NCCC2CCCCC21.CS. The molecule has 0 radical (unpaired) electrons. The molecule has 0 amide bonds. The third kappa shape index (κ3) is 4.78. The molecular weight excluding hydrogens is 202 g/mol. The van der Waals surface area contributed by atoms with E-state index in [0.29, 0.717) is 0 Å². The van der Waals surface area contributed by atoms with E-state index in [-0.39, 0.29) is 0 Å². The van der Waals surface area contributed by atoms with E-state index >= 15 is 0 Å². The van der Waals surface area contributed by atoms with Gasteiger partial charge in [-0.15, -0.1) is 0 Å². The first-order valence-electron chi connectivity index (χ1n) is 6.56. The first-order valence-corrected chi connectivity index (χ1v) is 7.45. The van der Waals surface area contributed by atoms with Crippen LogP contribution in [0.3, 0.4) is 0 Å². The predicted molar refractivity (Wildman–Crippen MR) is 73.8 cm³/mol. The van der Waals surface area contributed by atoms with E-state index in [2.05, 4.69) is 24.9 Å². The lowest BCUT2D eigenvalue weighted by atomic mass is 9.72. The number of hydrogen-bond acceptors (Lipinski definition) is 2. The molecule has 0 spiro atoms. The average Bonchev–Trinajstić information content (AvgIpc) is 2.35. The third-order valence-corrected chi connectivity index (χ3v) is 3.59. The van der Waals surface area contributed by atoms with Crippen LogP contribution in [0.4, 0.5) is 0 Å². The normalized spacial score (nSPS) is 33.8. The minimum Gasteiger partial charge on any atom is -0.314 e. The van der Waals surface area contributed by atoms with E-state index in [4.69, 9.17) is 0 Å². The van der Waals surface area contributed by atoms with Crippen molar-refractivity contribution in [2.24, 2.45) is 11.8 Å². The molecule has 0 aromatic carbocycles. The number of thiol groups is 1. The van der Waals surface area contributed by atoms with Gasteiger partial charge in [-0.1, -0.05) is 33.1 Å². The summed E-state index contributed by atoms with van der Waals surface area (Å²) in [5.41, 5.74) is 0. The summed E-state index contributed by atoms with van der Waals surface area (Å²) in [5.74, 6) is 2.08. The van der Waals surface area contributed by atoms with Gasteiger partial charge < -0.3 is 5.32 Å². The van der Waals surface area contributed by atoms with Gasteiger partial charge in [0.2, 0.25) is 0 Å². The fourth-order valence-electron chi connectivity index (χ4n) is 2.90. The van der Waals surface area contributed by atoms with Gasteiger partial charge in [0.25, 0.3) is 0 Å². The second-order valence-electron chi connectivity index (χ2n) is 4.24. The lowest BCUT2D eigenvalue weighted by Crippen LogP contribution is -2.45. The highest BCUT2D eigenvalue weighted by atomic mass is 32.1. The van der Waals surface area contributed by atoms with Crippen LogP contribution in [0.25, 0.3) is 0 Å². The van der Waals surface area contributed by atoms with E-state index in [9.17, 15) is 0 Å². The summed E-state index contributed by atoms with van der Waals surface area (Å²) in [6.07, 6.45) is 9.10. The van der Waals surface area contributed by atoms with Crippen molar-refractivity contribution in [3.05, 3.63) is 0 Å². The molecule has 2 rings (SSSR count). The molecule has 2 aliphatic rings. The molecule has 1 N–H and O–H groups in total. The summed E-state index contributed by atoms with van der Waals surface area (Å²) in [7, 11) is 0. The molecule has 1 saturated heterocycles. The van der Waals surface area contributed by atoms with Gasteiger partial charge in [0, 0.05) is 6.04 Å². The molecular formula is C13H29NS. The van der Waals surface area contributed by atoms with Gasteiger partial charge in [-0.3, -0.25) is 0 Å². The maximum atomic E-state index is 3.58. The van der Waals surface area contributed by atoms with Crippen molar-refractivity contribution in [1.82, 2.24) is 5.32 Å². The molecule has 3 unspecified atom stereocenters. The predicted octanol–water partition coefficient (Wildman–Crippen LogP) is 3.75. The molecule has 1 heterocycles. The summed E-state index contributed by atoms with van der Waals surface area (Å²) in [4.78, 5) is 0. The summed E-state index contributed by atoms with van der Waals surface area (Å²) < 4.78 is 0. The van der Waals surface area contributed by atoms with E-state index in [0.717, 1.165) is 17.9 Å². The number of nitrogens with one attached hydrogen (secondary N) is 1. The summed E-state index contributed by atoms with van der Waals surface area (Å²) in [6.45, 7) is 7.63. The minimum atomic E-state index is 0.800. The molecule has 15 heavy (non-hydrogen) atoms. The van der Waals surface area contributed by atoms with Crippen LogP contribution >= 0.6 is 12.6 Å². The number of piperidine rings is 1. The second-order valence-corrected chi connectivity index (χ2v) is 4.24. The van der Waals surface area contributed by atoms with Crippen LogP contribution in [0.5, 0.6) is 0 Å². The van der Waals surface area contributed by atoms with Gasteiger partial charge in [-0.25, -0.2) is 0 Å². The van der Waals surface area contributed by atoms with E-state index in [1.165, 1.54) is 38.6 Å². The van der Waals surface area contributed by atoms with Gasteiger partial charge in [0.05, 0.1) is 0 Å². The molecule has 92 valence electrons. The Balaban J connectivity index is 0.000000442. The molecule has 1 aliphatic carbocycles. The molecule has 0 aromatic heterocycles. The molecule has 0 aromatic rings. The van der Waals surface area contributed by atoms with Crippen LogP contribution in [0.1, 0.15) is 52.9 Å². The fourth-order valence-corrected chi connectivity index (χ4v) is 2.90. The Bertz CT molecular complexity index is 136. The zero-order valence-electron chi connectivity index (χ0n) is 10.9. The maximum absolute atomic E-state index is 3.58. The molecule has 2 heteroatoms. The standard InChI is InChI=1S/C10H19N.C2H6.CH4S/c1-8-10-5-3-2-4-9(10)6-7-11-8;2*1-2/h8-11H,2-7H2,1H3;1-2H3;2H,1H3.